The van der Waals surface area contributed by atoms with E-state index >= 15 is 0 Å². The van der Waals surface area contributed by atoms with Gasteiger partial charge >= 0.3 is 5.97 Å². The molecule has 16 heavy (non-hydrogen) atoms. The van der Waals surface area contributed by atoms with Gasteiger partial charge in [0.25, 0.3) is 0 Å². The second-order valence-electron chi connectivity index (χ2n) is 3.90. The van der Waals surface area contributed by atoms with Crippen molar-refractivity contribution in [1.82, 2.24) is 0 Å². The van der Waals surface area contributed by atoms with Gasteiger partial charge in [0.2, 0.25) is 0 Å². The summed E-state index contributed by atoms with van der Waals surface area (Å²) >= 11 is 0. The maximum atomic E-state index is 10.9. The van der Waals surface area contributed by atoms with Gasteiger partial charge in [-0.25, -0.2) is 4.79 Å². The first kappa shape index (κ1) is 10.7. The molecule has 1 atom stereocenters. The summed E-state index contributed by atoms with van der Waals surface area (Å²) in [6, 6.07) is 6.52. The molecule has 1 aliphatic rings. The summed E-state index contributed by atoms with van der Waals surface area (Å²) in [6.07, 6.45) is 1.70. The first-order valence-corrected chi connectivity index (χ1v) is 5.15. The average Bonchev–Trinajstić information content (AvgIpc) is 3.10. The summed E-state index contributed by atoms with van der Waals surface area (Å²) in [7, 11) is 0. The Hall–Kier alpha value is -1.84. The molecule has 0 aliphatic heterocycles. The van der Waals surface area contributed by atoms with Gasteiger partial charge in [0, 0.05) is 11.5 Å². The van der Waals surface area contributed by atoms with Crippen LogP contribution in [0.15, 0.2) is 24.3 Å². The van der Waals surface area contributed by atoms with Crippen LogP contribution < -0.4 is 4.74 Å². The van der Waals surface area contributed by atoms with E-state index in [4.69, 9.17) is 9.84 Å². The van der Waals surface area contributed by atoms with Crippen LogP contribution in [0.25, 0.3) is 0 Å². The summed E-state index contributed by atoms with van der Waals surface area (Å²) in [5, 5.41) is 8.98. The highest BCUT2D eigenvalue weighted by molar-refractivity contribution is 5.76. The average molecular weight is 220 g/mol. The van der Waals surface area contributed by atoms with Crippen LogP contribution in [0.5, 0.6) is 5.75 Å². The molecular formula is C12H12O4. The number of hydrogen-bond donors (Lipinski definition) is 1. The molecule has 2 rings (SSSR count). The van der Waals surface area contributed by atoms with E-state index < -0.39 is 12.1 Å². The van der Waals surface area contributed by atoms with E-state index in [0.29, 0.717) is 17.6 Å². The van der Waals surface area contributed by atoms with Gasteiger partial charge in [0.05, 0.1) is 0 Å². The maximum absolute atomic E-state index is 10.9. The number of benzene rings is 1. The van der Waals surface area contributed by atoms with Gasteiger partial charge in [-0.2, -0.15) is 0 Å². The van der Waals surface area contributed by atoms with E-state index in [9.17, 15) is 9.59 Å². The molecule has 0 saturated heterocycles. The maximum Gasteiger partial charge on any atom is 0.345 e. The lowest BCUT2D eigenvalue weighted by atomic mass is 10.2. The summed E-state index contributed by atoms with van der Waals surface area (Å²) in [5.74, 6) is -0.403. The van der Waals surface area contributed by atoms with Crippen molar-refractivity contribution < 1.29 is 19.4 Å². The molecule has 1 aromatic carbocycles. The van der Waals surface area contributed by atoms with Crippen molar-refractivity contribution >= 4 is 12.3 Å². The van der Waals surface area contributed by atoms with Gasteiger partial charge in [0.15, 0.2) is 6.10 Å². The quantitative estimate of drug-likeness (QED) is 0.768. The molecule has 1 unspecified atom stereocenters. The molecule has 0 amide bonds. The van der Waals surface area contributed by atoms with Gasteiger partial charge < -0.3 is 9.84 Å². The first-order chi connectivity index (χ1) is 7.70. The van der Waals surface area contributed by atoms with Crippen LogP contribution in [0.4, 0.5) is 0 Å². The second-order valence-corrected chi connectivity index (χ2v) is 3.90. The molecule has 0 bridgehead atoms. The largest absolute Gasteiger partial charge is 0.478 e. The Labute approximate surface area is 92.8 Å². The Morgan fingerprint density at radius 3 is 2.81 bits per heavy atom. The number of carbonyl (C=O) groups is 2. The van der Waals surface area contributed by atoms with Crippen molar-refractivity contribution in [2.75, 3.05) is 0 Å². The van der Waals surface area contributed by atoms with Gasteiger partial charge in [-0.3, -0.25) is 4.79 Å². The number of carboxylic acids is 1. The molecule has 0 radical (unpaired) electrons. The molecule has 0 aromatic heterocycles. The number of carbonyl (C=O) groups excluding carboxylic acids is 1. The van der Waals surface area contributed by atoms with Crippen LogP contribution in [0, 0.1) is 5.92 Å². The molecule has 1 aliphatic carbocycles. The zero-order chi connectivity index (χ0) is 11.5. The Balaban J connectivity index is 2.11. The number of rotatable bonds is 5. The number of aldehydes is 1. The van der Waals surface area contributed by atoms with E-state index in [1.165, 1.54) is 0 Å². The molecule has 1 saturated carbocycles. The summed E-state index contributed by atoms with van der Waals surface area (Å²) in [4.78, 5) is 21.5. The summed E-state index contributed by atoms with van der Waals surface area (Å²) in [6.45, 7) is 0. The number of hydrogen-bond acceptors (Lipinski definition) is 3. The third-order valence-electron chi connectivity index (χ3n) is 2.55. The molecule has 1 fully saturated rings. The van der Waals surface area contributed by atoms with E-state index in [-0.39, 0.29) is 5.92 Å². The zero-order valence-corrected chi connectivity index (χ0v) is 8.63. The fraction of sp³-hybridized carbons (Fsp3) is 0.333. The number of aliphatic carboxylic acids is 1. The second kappa shape index (κ2) is 4.35. The topological polar surface area (TPSA) is 63.6 Å². The standard InChI is InChI=1S/C12H12O4/c13-7-8-2-1-3-10(6-8)16-11(12(14)15)9-4-5-9/h1-3,6-7,9,11H,4-5H2,(H,14,15). The van der Waals surface area contributed by atoms with Crippen molar-refractivity contribution in [2.24, 2.45) is 5.92 Å². The van der Waals surface area contributed by atoms with Crippen LogP contribution >= 0.6 is 0 Å². The Morgan fingerprint density at radius 2 is 2.25 bits per heavy atom. The molecule has 4 nitrogen and oxygen atoms in total. The molecule has 0 heterocycles. The molecular weight excluding hydrogens is 208 g/mol. The minimum absolute atomic E-state index is 0.109. The van der Waals surface area contributed by atoms with Crippen molar-refractivity contribution in [1.29, 1.82) is 0 Å². The van der Waals surface area contributed by atoms with Crippen LogP contribution in [0.3, 0.4) is 0 Å². The lowest BCUT2D eigenvalue weighted by Gasteiger charge is -2.14. The van der Waals surface area contributed by atoms with Crippen LogP contribution in [-0.4, -0.2) is 23.5 Å². The molecule has 0 spiro atoms. The van der Waals surface area contributed by atoms with Crippen molar-refractivity contribution in [3.63, 3.8) is 0 Å². The molecule has 4 heteroatoms. The van der Waals surface area contributed by atoms with E-state index in [2.05, 4.69) is 0 Å². The fourth-order valence-electron chi connectivity index (χ4n) is 1.56. The smallest absolute Gasteiger partial charge is 0.345 e. The minimum Gasteiger partial charge on any atom is -0.478 e. The first-order valence-electron chi connectivity index (χ1n) is 5.15. The Kier molecular flexibility index (Phi) is 2.90. The highest BCUT2D eigenvalue weighted by atomic mass is 16.5. The molecule has 1 N–H and O–H groups in total. The van der Waals surface area contributed by atoms with E-state index in [0.717, 1.165) is 12.8 Å². The van der Waals surface area contributed by atoms with E-state index in [1.807, 2.05) is 0 Å². The third kappa shape index (κ3) is 2.39. The lowest BCUT2D eigenvalue weighted by Crippen LogP contribution is -2.29. The summed E-state index contributed by atoms with van der Waals surface area (Å²) in [5.41, 5.74) is 0.484. The van der Waals surface area contributed by atoms with Crippen LogP contribution in [0.1, 0.15) is 23.2 Å². The predicted octanol–water partition coefficient (Wildman–Crippen LogP) is 1.74. The SMILES string of the molecule is O=Cc1cccc(OC(C(=O)O)C2CC2)c1. The Bertz CT molecular complexity index is 409. The normalized spacial score (nSPS) is 16.5. The monoisotopic (exact) mass is 220 g/mol. The number of carboxylic acid groups (broad SMARTS) is 1. The van der Waals surface area contributed by atoms with Crippen LogP contribution in [0.2, 0.25) is 0 Å². The minimum atomic E-state index is -0.945. The van der Waals surface area contributed by atoms with Gasteiger partial charge in [-0.1, -0.05) is 12.1 Å². The predicted molar refractivity (Wildman–Crippen MR) is 56.6 cm³/mol. The number of ether oxygens (including phenoxy) is 1. The lowest BCUT2D eigenvalue weighted by molar-refractivity contribution is -0.146. The Morgan fingerprint density at radius 1 is 1.50 bits per heavy atom. The van der Waals surface area contributed by atoms with E-state index in [1.54, 1.807) is 24.3 Å². The third-order valence-corrected chi connectivity index (χ3v) is 2.55. The highest BCUT2D eigenvalue weighted by Crippen LogP contribution is 2.35. The zero-order valence-electron chi connectivity index (χ0n) is 8.63. The van der Waals surface area contributed by atoms with Crippen molar-refractivity contribution in [3.05, 3.63) is 29.8 Å². The molecule has 84 valence electrons. The highest BCUT2D eigenvalue weighted by Gasteiger charge is 2.38. The molecule has 1 aromatic rings. The van der Waals surface area contributed by atoms with Crippen LogP contribution in [-0.2, 0) is 4.79 Å². The van der Waals surface area contributed by atoms with Gasteiger partial charge in [0.1, 0.15) is 12.0 Å². The van der Waals surface area contributed by atoms with Gasteiger partial charge in [-0.15, -0.1) is 0 Å². The fourth-order valence-corrected chi connectivity index (χ4v) is 1.56. The van der Waals surface area contributed by atoms with Crippen molar-refractivity contribution in [3.8, 4) is 5.75 Å². The van der Waals surface area contributed by atoms with Crippen molar-refractivity contribution in [2.45, 2.75) is 18.9 Å². The van der Waals surface area contributed by atoms with Gasteiger partial charge in [-0.05, 0) is 25.0 Å². The summed E-state index contributed by atoms with van der Waals surface area (Å²) < 4.78 is 5.38.